The molecule has 0 aliphatic carbocycles. The second-order valence-corrected chi connectivity index (χ2v) is 8.46. The number of anilines is 2. The Morgan fingerprint density at radius 1 is 1.00 bits per heavy atom. The second kappa shape index (κ2) is 9.90. The van der Waals surface area contributed by atoms with Crippen LogP contribution in [0.4, 0.5) is 16.3 Å². The van der Waals surface area contributed by atoms with Crippen molar-refractivity contribution >= 4 is 17.5 Å². The number of urea groups is 1. The van der Waals surface area contributed by atoms with Crippen molar-refractivity contribution in [1.29, 1.82) is 0 Å². The molecule has 1 N–H and O–H groups in total. The highest BCUT2D eigenvalue weighted by Gasteiger charge is 2.25. The number of hydrogen-bond donors (Lipinski definition) is 1. The average Bonchev–Trinajstić information content (AvgIpc) is 2.82. The zero-order chi connectivity index (χ0) is 23.4. The Hall–Kier alpha value is -3.61. The largest absolute Gasteiger partial charge is 0.497 e. The molecule has 2 aromatic carbocycles. The van der Waals surface area contributed by atoms with Gasteiger partial charge in [0.05, 0.1) is 7.11 Å². The normalized spacial score (nSPS) is 13.7. The molecule has 0 unspecified atom stereocenters. The van der Waals surface area contributed by atoms with E-state index in [4.69, 9.17) is 9.72 Å². The van der Waals surface area contributed by atoms with Crippen molar-refractivity contribution in [2.24, 2.45) is 0 Å². The van der Waals surface area contributed by atoms with E-state index < -0.39 is 0 Å². The summed E-state index contributed by atoms with van der Waals surface area (Å²) in [6.45, 7) is 8.79. The van der Waals surface area contributed by atoms with Crippen LogP contribution >= 0.6 is 0 Å². The summed E-state index contributed by atoms with van der Waals surface area (Å²) in [4.78, 5) is 26.3. The summed E-state index contributed by atoms with van der Waals surface area (Å²) in [6, 6.07) is 15.9. The van der Waals surface area contributed by atoms with Crippen LogP contribution in [0.1, 0.15) is 28.2 Å². The van der Waals surface area contributed by atoms with Crippen LogP contribution in [0.5, 0.6) is 5.75 Å². The molecule has 0 spiro atoms. The third-order valence-corrected chi connectivity index (χ3v) is 5.99. The molecule has 1 aliphatic rings. The Balaban J connectivity index is 1.45. The molecule has 0 radical (unpaired) electrons. The Kier molecular flexibility index (Phi) is 6.77. The lowest BCUT2D eigenvalue weighted by Crippen LogP contribution is -2.50. The van der Waals surface area contributed by atoms with Gasteiger partial charge in [-0.15, -0.1) is 0 Å². The molecule has 4 rings (SSSR count). The maximum Gasteiger partial charge on any atom is 0.321 e. The molecule has 172 valence electrons. The number of ether oxygens (including phenoxy) is 1. The van der Waals surface area contributed by atoms with Crippen molar-refractivity contribution < 1.29 is 9.53 Å². The number of aromatic nitrogens is 2. The van der Waals surface area contributed by atoms with Gasteiger partial charge in [0.25, 0.3) is 0 Å². The highest BCUT2D eigenvalue weighted by atomic mass is 16.5. The molecule has 3 aromatic rings. The minimum atomic E-state index is -0.0992. The van der Waals surface area contributed by atoms with E-state index in [1.54, 1.807) is 7.11 Å². The van der Waals surface area contributed by atoms with E-state index in [0.29, 0.717) is 18.8 Å². The molecule has 0 atom stereocenters. The third-order valence-electron chi connectivity index (χ3n) is 5.99. The fourth-order valence-electron chi connectivity index (χ4n) is 4.12. The lowest BCUT2D eigenvalue weighted by Gasteiger charge is -2.36. The highest BCUT2D eigenvalue weighted by Crippen LogP contribution is 2.25. The van der Waals surface area contributed by atoms with Gasteiger partial charge in [-0.3, -0.25) is 0 Å². The van der Waals surface area contributed by atoms with Gasteiger partial charge >= 0.3 is 6.03 Å². The number of piperazine rings is 1. The fraction of sp³-hybridized carbons (Fsp3) is 0.346. The maximum atomic E-state index is 12.8. The van der Waals surface area contributed by atoms with Crippen molar-refractivity contribution in [3.05, 3.63) is 76.7 Å². The van der Waals surface area contributed by atoms with E-state index in [1.165, 1.54) is 11.1 Å². The van der Waals surface area contributed by atoms with Gasteiger partial charge in [-0.05, 0) is 38.5 Å². The van der Waals surface area contributed by atoms with Crippen LogP contribution in [-0.4, -0.2) is 54.2 Å². The summed E-state index contributed by atoms with van der Waals surface area (Å²) in [5.74, 6) is 2.47. The molecular weight excluding hydrogens is 414 g/mol. The van der Waals surface area contributed by atoms with Crippen molar-refractivity contribution in [3.63, 3.8) is 0 Å². The first-order valence-corrected chi connectivity index (χ1v) is 11.3. The van der Waals surface area contributed by atoms with Gasteiger partial charge in [-0.2, -0.15) is 0 Å². The predicted octanol–water partition coefficient (Wildman–Crippen LogP) is 4.36. The summed E-state index contributed by atoms with van der Waals surface area (Å²) < 4.78 is 5.24. The molecule has 0 saturated carbocycles. The first-order chi connectivity index (χ1) is 15.9. The van der Waals surface area contributed by atoms with Crippen LogP contribution < -0.4 is 15.0 Å². The van der Waals surface area contributed by atoms with E-state index in [-0.39, 0.29) is 6.03 Å². The lowest BCUT2D eigenvalue weighted by atomic mass is 10.0. The fourth-order valence-corrected chi connectivity index (χ4v) is 4.12. The first kappa shape index (κ1) is 22.6. The molecule has 1 saturated heterocycles. The molecule has 2 heterocycles. The predicted molar refractivity (Wildman–Crippen MR) is 131 cm³/mol. The van der Waals surface area contributed by atoms with Gasteiger partial charge < -0.3 is 19.9 Å². The monoisotopic (exact) mass is 445 g/mol. The second-order valence-electron chi connectivity index (χ2n) is 8.46. The number of rotatable bonds is 5. The summed E-state index contributed by atoms with van der Waals surface area (Å²) in [5, 5.41) is 2.97. The molecule has 2 amide bonds. The van der Waals surface area contributed by atoms with E-state index in [1.807, 2.05) is 36.1 Å². The lowest BCUT2D eigenvalue weighted by molar-refractivity contribution is 0.208. The molecule has 7 heteroatoms. The SMILES string of the molecule is COc1cccc(NC(=O)N2CCN(c3nc(C)nc(C)c3Cc3ccc(C)cc3)CC2)c1. The number of carbonyl (C=O) groups is 1. The number of carbonyl (C=O) groups excluding carboxylic acids is 1. The topological polar surface area (TPSA) is 70.6 Å². The van der Waals surface area contributed by atoms with Gasteiger partial charge in [0.1, 0.15) is 17.4 Å². The smallest absolute Gasteiger partial charge is 0.321 e. The molecule has 7 nitrogen and oxygen atoms in total. The number of hydrogen-bond acceptors (Lipinski definition) is 5. The van der Waals surface area contributed by atoms with Crippen molar-refractivity contribution in [3.8, 4) is 5.75 Å². The number of aryl methyl sites for hydroxylation is 3. The molecule has 33 heavy (non-hydrogen) atoms. The summed E-state index contributed by atoms with van der Waals surface area (Å²) in [5.41, 5.74) is 5.38. The molecule has 1 fully saturated rings. The molecule has 0 bridgehead atoms. The number of methoxy groups -OCH3 is 1. The van der Waals surface area contributed by atoms with Gasteiger partial charge in [-0.1, -0.05) is 35.9 Å². The molecule has 1 aliphatic heterocycles. The standard InChI is InChI=1S/C26H31N5O2/c1-18-8-10-21(11-9-18)16-24-19(2)27-20(3)28-25(24)30-12-14-31(15-13-30)26(32)29-22-6-5-7-23(17-22)33-4/h5-11,17H,12-16H2,1-4H3,(H,29,32). The first-order valence-electron chi connectivity index (χ1n) is 11.3. The van der Waals surface area contributed by atoms with Gasteiger partial charge in [0.2, 0.25) is 0 Å². The van der Waals surface area contributed by atoms with Crippen molar-refractivity contribution in [2.45, 2.75) is 27.2 Å². The Morgan fingerprint density at radius 2 is 1.73 bits per heavy atom. The van der Waals surface area contributed by atoms with Gasteiger partial charge in [0.15, 0.2) is 0 Å². The van der Waals surface area contributed by atoms with E-state index in [9.17, 15) is 4.79 Å². The zero-order valence-corrected chi connectivity index (χ0v) is 19.8. The zero-order valence-electron chi connectivity index (χ0n) is 19.8. The number of nitrogens with zero attached hydrogens (tertiary/aromatic N) is 4. The van der Waals surface area contributed by atoms with E-state index in [0.717, 1.165) is 48.1 Å². The van der Waals surface area contributed by atoms with E-state index >= 15 is 0 Å². The van der Waals surface area contributed by atoms with Crippen LogP contribution in [0.3, 0.4) is 0 Å². The van der Waals surface area contributed by atoms with Crippen LogP contribution in [-0.2, 0) is 6.42 Å². The van der Waals surface area contributed by atoms with Crippen LogP contribution in [0.15, 0.2) is 48.5 Å². The minimum absolute atomic E-state index is 0.0992. The van der Waals surface area contributed by atoms with Gasteiger partial charge in [-0.25, -0.2) is 14.8 Å². The third kappa shape index (κ3) is 5.42. The van der Waals surface area contributed by atoms with Crippen molar-refractivity contribution in [1.82, 2.24) is 14.9 Å². The quantitative estimate of drug-likeness (QED) is 0.632. The van der Waals surface area contributed by atoms with Gasteiger partial charge in [0, 0.05) is 55.6 Å². The Morgan fingerprint density at radius 3 is 2.42 bits per heavy atom. The van der Waals surface area contributed by atoms with E-state index in [2.05, 4.69) is 53.3 Å². The average molecular weight is 446 g/mol. The Labute approximate surface area is 195 Å². The van der Waals surface area contributed by atoms with Crippen molar-refractivity contribution in [2.75, 3.05) is 43.5 Å². The van der Waals surface area contributed by atoms with Crippen LogP contribution in [0.25, 0.3) is 0 Å². The maximum absolute atomic E-state index is 12.8. The summed E-state index contributed by atoms with van der Waals surface area (Å²) in [6.07, 6.45) is 0.790. The van der Waals surface area contributed by atoms with Crippen LogP contribution in [0, 0.1) is 20.8 Å². The number of nitrogens with one attached hydrogen (secondary N) is 1. The summed E-state index contributed by atoms with van der Waals surface area (Å²) in [7, 11) is 1.61. The number of benzene rings is 2. The molecular formula is C26H31N5O2. The number of amides is 2. The highest BCUT2D eigenvalue weighted by molar-refractivity contribution is 5.89. The van der Waals surface area contributed by atoms with Crippen LogP contribution in [0.2, 0.25) is 0 Å². The molecule has 1 aromatic heterocycles. The minimum Gasteiger partial charge on any atom is -0.497 e. The summed E-state index contributed by atoms with van der Waals surface area (Å²) >= 11 is 0. The Bertz CT molecular complexity index is 1120.